The zero-order valence-electron chi connectivity index (χ0n) is 50.4. The van der Waals surface area contributed by atoms with Gasteiger partial charge in [0, 0.05) is 12.8 Å². The lowest BCUT2D eigenvalue weighted by Gasteiger charge is -2.40. The van der Waals surface area contributed by atoms with Crippen molar-refractivity contribution in [2.24, 2.45) is 0 Å². The Balaban J connectivity index is 1.98. The van der Waals surface area contributed by atoms with E-state index in [2.05, 4.69) is 55.6 Å². The molecule has 1 amide bonds. The van der Waals surface area contributed by atoms with Crippen LogP contribution in [0, 0.1) is 0 Å². The minimum atomic E-state index is -1.58. The first-order chi connectivity index (χ1) is 38.2. The van der Waals surface area contributed by atoms with E-state index in [0.717, 1.165) is 77.0 Å². The lowest BCUT2D eigenvalue weighted by Crippen LogP contribution is -2.60. The molecular weight excluding hydrogens is 979 g/mol. The van der Waals surface area contributed by atoms with E-state index in [1.807, 2.05) is 6.08 Å². The summed E-state index contributed by atoms with van der Waals surface area (Å²) in [5.41, 5.74) is 0. The van der Waals surface area contributed by atoms with Crippen LogP contribution >= 0.6 is 0 Å². The van der Waals surface area contributed by atoms with Gasteiger partial charge in [0.2, 0.25) is 5.91 Å². The number of esters is 1. The molecule has 0 spiro atoms. The number of hydrogen-bond donors (Lipinski definition) is 6. The third kappa shape index (κ3) is 45.3. The molecule has 11 nitrogen and oxygen atoms in total. The Labute approximate surface area is 478 Å². The molecule has 1 saturated heterocycles. The summed E-state index contributed by atoms with van der Waals surface area (Å²) in [6.07, 6.45) is 62.5. The van der Waals surface area contributed by atoms with E-state index < -0.39 is 49.5 Å². The fraction of sp³-hybridized carbons (Fsp3) is 0.851. The van der Waals surface area contributed by atoms with Crippen LogP contribution in [0.25, 0.3) is 0 Å². The molecule has 1 fully saturated rings. The van der Waals surface area contributed by atoms with Gasteiger partial charge in [-0.25, -0.2) is 0 Å². The van der Waals surface area contributed by atoms with E-state index in [0.29, 0.717) is 19.4 Å². The standard InChI is InChI=1S/C67H123NO10/c1-3-5-7-9-11-13-14-15-16-29-32-35-39-43-47-51-55-63(72)76-56-52-48-44-40-36-33-30-27-25-23-21-19-17-18-20-22-24-26-28-31-34-38-42-46-50-54-62(71)68-59(60(70)53-49-45-41-37-12-10-8-6-4-2)58-77-67-66(75)65(74)64(73)61(57-69)78-67/h12,18-21,37,49,53,59-61,64-67,69-70,73-75H,3-11,13-17,22-36,38-48,50-52,54-58H2,1-2H3,(H,68,71)/b20-18-,21-19-,37-12+,53-49+. The largest absolute Gasteiger partial charge is 0.466 e. The second-order valence-corrected chi connectivity index (χ2v) is 22.8. The van der Waals surface area contributed by atoms with Crippen LogP contribution in [0.3, 0.4) is 0 Å². The molecule has 456 valence electrons. The fourth-order valence-corrected chi connectivity index (χ4v) is 10.2. The number of carbonyl (C=O) groups is 2. The van der Waals surface area contributed by atoms with Gasteiger partial charge in [0.05, 0.1) is 32.0 Å². The number of rotatable bonds is 57. The van der Waals surface area contributed by atoms with Crippen molar-refractivity contribution in [1.29, 1.82) is 0 Å². The predicted octanol–water partition coefficient (Wildman–Crippen LogP) is 16.0. The molecule has 6 N–H and O–H groups in total. The lowest BCUT2D eigenvalue weighted by molar-refractivity contribution is -0.302. The molecule has 7 unspecified atom stereocenters. The summed E-state index contributed by atoms with van der Waals surface area (Å²) in [6, 6.07) is -0.831. The molecule has 0 aromatic heterocycles. The average Bonchev–Trinajstić information content (AvgIpc) is 3.44. The molecule has 0 saturated carbocycles. The first-order valence-corrected chi connectivity index (χ1v) is 32.9. The highest BCUT2D eigenvalue weighted by Crippen LogP contribution is 2.23. The molecule has 0 aromatic carbocycles. The summed E-state index contributed by atoms with van der Waals surface area (Å²) in [5.74, 6) is -0.199. The molecule has 0 aromatic rings. The number of hydrogen-bond acceptors (Lipinski definition) is 10. The van der Waals surface area contributed by atoms with Crippen molar-refractivity contribution in [2.75, 3.05) is 19.8 Å². The number of ether oxygens (including phenoxy) is 3. The summed E-state index contributed by atoms with van der Waals surface area (Å²) in [7, 11) is 0. The van der Waals surface area contributed by atoms with Crippen molar-refractivity contribution in [3.05, 3.63) is 48.6 Å². The molecule has 0 bridgehead atoms. The Morgan fingerprint density at radius 1 is 0.474 bits per heavy atom. The van der Waals surface area contributed by atoms with Crippen molar-refractivity contribution in [3.63, 3.8) is 0 Å². The van der Waals surface area contributed by atoms with Crippen molar-refractivity contribution >= 4 is 11.9 Å². The molecule has 0 aliphatic carbocycles. The Morgan fingerprint density at radius 3 is 1.37 bits per heavy atom. The van der Waals surface area contributed by atoms with Gasteiger partial charge in [0.15, 0.2) is 6.29 Å². The number of carbonyl (C=O) groups excluding carboxylic acids is 2. The van der Waals surface area contributed by atoms with Gasteiger partial charge in [0.1, 0.15) is 24.4 Å². The molecule has 1 aliphatic rings. The molecule has 78 heavy (non-hydrogen) atoms. The highest BCUT2D eigenvalue weighted by atomic mass is 16.7. The Kier molecular flexibility index (Phi) is 53.3. The van der Waals surface area contributed by atoms with Gasteiger partial charge in [-0.05, 0) is 77.0 Å². The first-order valence-electron chi connectivity index (χ1n) is 32.9. The SMILES string of the molecule is CCCCC/C=C/CC/C=C/C(O)C(COC1OC(CO)C(O)C(O)C1O)NC(=O)CCCCCCCCCCC/C=C\C/C=C\CCCCCCCCCCCOC(=O)CCCCCCCCCCCCCCCCCC. The Hall–Kier alpha value is -2.38. The van der Waals surface area contributed by atoms with Gasteiger partial charge >= 0.3 is 5.97 Å². The van der Waals surface area contributed by atoms with E-state index in [1.165, 1.54) is 199 Å². The van der Waals surface area contributed by atoms with Gasteiger partial charge in [-0.3, -0.25) is 9.59 Å². The molecule has 1 rings (SSSR count). The maximum absolute atomic E-state index is 13.0. The van der Waals surface area contributed by atoms with Gasteiger partial charge in [0.25, 0.3) is 0 Å². The van der Waals surface area contributed by atoms with Gasteiger partial charge in [-0.15, -0.1) is 0 Å². The lowest BCUT2D eigenvalue weighted by atomic mass is 9.99. The van der Waals surface area contributed by atoms with Crippen LogP contribution in [0.4, 0.5) is 0 Å². The Bertz CT molecular complexity index is 1430. The van der Waals surface area contributed by atoms with Crippen molar-refractivity contribution in [2.45, 2.75) is 346 Å². The van der Waals surface area contributed by atoms with E-state index in [4.69, 9.17) is 14.2 Å². The van der Waals surface area contributed by atoms with Crippen LogP contribution in [0.2, 0.25) is 0 Å². The van der Waals surface area contributed by atoms with Gasteiger partial charge in [-0.1, -0.05) is 262 Å². The first kappa shape index (κ1) is 73.6. The summed E-state index contributed by atoms with van der Waals surface area (Å²) in [5, 5.41) is 54.2. The summed E-state index contributed by atoms with van der Waals surface area (Å²) >= 11 is 0. The van der Waals surface area contributed by atoms with Crippen molar-refractivity contribution < 1.29 is 49.3 Å². The van der Waals surface area contributed by atoms with Crippen LogP contribution < -0.4 is 5.32 Å². The third-order valence-electron chi connectivity index (χ3n) is 15.4. The Morgan fingerprint density at radius 2 is 0.872 bits per heavy atom. The van der Waals surface area contributed by atoms with E-state index >= 15 is 0 Å². The predicted molar refractivity (Wildman–Crippen MR) is 324 cm³/mol. The summed E-state index contributed by atoms with van der Waals surface area (Å²) in [6.45, 7) is 4.28. The smallest absolute Gasteiger partial charge is 0.305 e. The van der Waals surface area contributed by atoms with Crippen LogP contribution in [0.15, 0.2) is 48.6 Å². The van der Waals surface area contributed by atoms with Gasteiger partial charge in [-0.2, -0.15) is 0 Å². The number of aliphatic hydroxyl groups excluding tert-OH is 5. The highest BCUT2D eigenvalue weighted by molar-refractivity contribution is 5.76. The second-order valence-electron chi connectivity index (χ2n) is 22.8. The number of unbranched alkanes of at least 4 members (excludes halogenated alkanes) is 37. The zero-order valence-corrected chi connectivity index (χ0v) is 50.4. The maximum atomic E-state index is 13.0. The van der Waals surface area contributed by atoms with E-state index in [1.54, 1.807) is 6.08 Å². The average molecular weight is 1100 g/mol. The maximum Gasteiger partial charge on any atom is 0.305 e. The monoisotopic (exact) mass is 1100 g/mol. The quantitative estimate of drug-likeness (QED) is 0.0195. The normalized spacial score (nSPS) is 18.8. The number of nitrogens with one attached hydrogen (secondary N) is 1. The van der Waals surface area contributed by atoms with Crippen LogP contribution in [0.5, 0.6) is 0 Å². The van der Waals surface area contributed by atoms with Crippen LogP contribution in [-0.2, 0) is 23.8 Å². The highest BCUT2D eigenvalue weighted by Gasteiger charge is 2.44. The second kappa shape index (κ2) is 56.5. The minimum absolute atomic E-state index is 0.00126. The van der Waals surface area contributed by atoms with Gasteiger partial charge < -0.3 is 45.1 Å². The number of aliphatic hydroxyl groups is 5. The number of allylic oxidation sites excluding steroid dienone is 7. The topological polar surface area (TPSA) is 175 Å². The van der Waals surface area contributed by atoms with E-state index in [-0.39, 0.29) is 18.5 Å². The molecular formula is C67H123NO10. The molecule has 1 aliphatic heterocycles. The fourth-order valence-electron chi connectivity index (χ4n) is 10.2. The van der Waals surface area contributed by atoms with Crippen molar-refractivity contribution in [1.82, 2.24) is 5.32 Å². The summed E-state index contributed by atoms with van der Waals surface area (Å²) in [4.78, 5) is 25.1. The summed E-state index contributed by atoms with van der Waals surface area (Å²) < 4.78 is 16.7. The minimum Gasteiger partial charge on any atom is -0.466 e. The molecule has 0 radical (unpaired) electrons. The zero-order chi connectivity index (χ0) is 56.6. The van der Waals surface area contributed by atoms with E-state index in [9.17, 15) is 35.1 Å². The van der Waals surface area contributed by atoms with Crippen molar-refractivity contribution in [3.8, 4) is 0 Å². The van der Waals surface area contributed by atoms with Crippen LogP contribution in [0.1, 0.15) is 303 Å². The molecule has 7 atom stereocenters. The third-order valence-corrected chi connectivity index (χ3v) is 15.4. The van der Waals surface area contributed by atoms with Crippen LogP contribution in [-0.4, -0.2) is 100 Å². The number of amides is 1. The molecule has 1 heterocycles. The molecule has 11 heteroatoms.